The lowest BCUT2D eigenvalue weighted by atomic mass is 10.0. The van der Waals surface area contributed by atoms with Gasteiger partial charge in [-0.2, -0.15) is 0 Å². The molecule has 0 N–H and O–H groups in total. The van der Waals surface area contributed by atoms with Gasteiger partial charge in [-0.05, 0) is 13.8 Å². The predicted molar refractivity (Wildman–Crippen MR) is 157 cm³/mol. The lowest BCUT2D eigenvalue weighted by Gasteiger charge is -2.34. The van der Waals surface area contributed by atoms with Crippen LogP contribution in [0.2, 0.25) is 0 Å². The van der Waals surface area contributed by atoms with Crippen molar-refractivity contribution in [3.63, 3.8) is 0 Å². The fourth-order valence-electron chi connectivity index (χ4n) is 5.31. The van der Waals surface area contributed by atoms with Gasteiger partial charge in [-0.15, -0.1) is 0 Å². The molecule has 42 heavy (non-hydrogen) atoms. The molecule has 0 spiro atoms. The van der Waals surface area contributed by atoms with E-state index in [0.717, 1.165) is 56.0 Å². The van der Waals surface area contributed by atoms with E-state index in [1.807, 2.05) is 45.9 Å². The summed E-state index contributed by atoms with van der Waals surface area (Å²) in [5.41, 5.74) is 8.16. The predicted octanol–water partition coefficient (Wildman–Crippen LogP) is 7.01. The fraction of sp³-hybridized carbons (Fsp3) is 0.471. The number of ether oxygens (including phenoxy) is 8. The molecule has 3 aromatic rings. The second-order valence-corrected chi connectivity index (χ2v) is 11.8. The number of aryl methyl sites for hydroxylation is 2. The molecule has 8 nitrogen and oxygen atoms in total. The Morgan fingerprint density at radius 1 is 0.667 bits per heavy atom. The largest absolute Gasteiger partial charge is 0.467 e. The minimum absolute atomic E-state index is 0.118. The van der Waals surface area contributed by atoms with E-state index in [4.69, 9.17) is 37.9 Å². The average Bonchev–Trinajstić information content (AvgIpc) is 2.92. The quantitative estimate of drug-likeness (QED) is 0.225. The second kappa shape index (κ2) is 12.6. The van der Waals surface area contributed by atoms with E-state index in [9.17, 15) is 0 Å². The van der Waals surface area contributed by atoms with Crippen molar-refractivity contribution in [2.24, 2.45) is 0 Å². The van der Waals surface area contributed by atoms with Gasteiger partial charge in [0.15, 0.2) is 6.79 Å². The van der Waals surface area contributed by atoms with Crippen LogP contribution in [-0.4, -0.2) is 25.5 Å². The maximum absolute atomic E-state index is 6.23. The zero-order chi connectivity index (χ0) is 29.9. The van der Waals surface area contributed by atoms with Crippen molar-refractivity contribution in [2.75, 3.05) is 13.9 Å². The lowest BCUT2D eigenvalue weighted by Crippen LogP contribution is -2.36. The zero-order valence-corrected chi connectivity index (χ0v) is 25.8. The van der Waals surface area contributed by atoms with Crippen molar-refractivity contribution in [1.29, 1.82) is 0 Å². The average molecular weight is 579 g/mol. The number of para-hydroxylation sites is 1. The molecule has 0 aliphatic carbocycles. The van der Waals surface area contributed by atoms with Crippen LogP contribution in [0, 0.1) is 13.8 Å². The van der Waals surface area contributed by atoms with Crippen LogP contribution in [0.25, 0.3) is 0 Å². The first kappa shape index (κ1) is 30.3. The molecule has 0 unspecified atom stereocenters. The van der Waals surface area contributed by atoms with Crippen LogP contribution >= 0.6 is 0 Å². The third-order valence-electron chi connectivity index (χ3n) is 7.15. The molecule has 0 amide bonds. The fourth-order valence-corrected chi connectivity index (χ4v) is 5.31. The number of rotatable bonds is 11. The maximum Gasteiger partial charge on any atom is 0.205 e. The summed E-state index contributed by atoms with van der Waals surface area (Å²) in [5.74, 6) is 1.02. The van der Waals surface area contributed by atoms with E-state index in [0.29, 0.717) is 45.4 Å². The molecule has 5 rings (SSSR count). The molecular formula is C34H42O8. The van der Waals surface area contributed by atoms with Crippen molar-refractivity contribution < 1.29 is 37.9 Å². The molecule has 0 radical (unpaired) electrons. The van der Waals surface area contributed by atoms with Gasteiger partial charge in [0.25, 0.3) is 0 Å². The molecule has 0 bridgehead atoms. The first-order valence-corrected chi connectivity index (χ1v) is 14.3. The van der Waals surface area contributed by atoms with E-state index < -0.39 is 11.6 Å². The van der Waals surface area contributed by atoms with E-state index >= 15 is 0 Å². The highest BCUT2D eigenvalue weighted by atomic mass is 16.7. The normalized spacial score (nSPS) is 16.6. The van der Waals surface area contributed by atoms with Crippen molar-refractivity contribution in [3.8, 4) is 17.2 Å². The van der Waals surface area contributed by atoms with E-state index in [1.165, 1.54) is 0 Å². The van der Waals surface area contributed by atoms with E-state index in [1.54, 1.807) is 7.11 Å². The van der Waals surface area contributed by atoms with E-state index in [2.05, 4.69) is 38.1 Å². The summed E-state index contributed by atoms with van der Waals surface area (Å²) in [6.07, 6.45) is 0. The zero-order valence-electron chi connectivity index (χ0n) is 25.8. The second-order valence-electron chi connectivity index (χ2n) is 11.8. The first-order valence-electron chi connectivity index (χ1n) is 14.3. The first-order chi connectivity index (χ1) is 20.0. The molecule has 2 aliphatic heterocycles. The van der Waals surface area contributed by atoms with Crippen molar-refractivity contribution >= 4 is 0 Å². The lowest BCUT2D eigenvalue weighted by molar-refractivity contribution is -0.181. The number of hydrogen-bond donors (Lipinski definition) is 0. The Hall–Kier alpha value is -3.14. The summed E-state index contributed by atoms with van der Waals surface area (Å²) in [6, 6.07) is 14.4. The van der Waals surface area contributed by atoms with Gasteiger partial charge in [-0.1, -0.05) is 53.6 Å². The molecule has 0 saturated carbocycles. The van der Waals surface area contributed by atoms with Gasteiger partial charge in [0.1, 0.15) is 17.2 Å². The van der Waals surface area contributed by atoms with Crippen LogP contribution in [0.1, 0.15) is 72.2 Å². The third-order valence-corrected chi connectivity index (χ3v) is 7.15. The Morgan fingerprint density at radius 2 is 1.12 bits per heavy atom. The molecule has 0 saturated heterocycles. The highest BCUT2D eigenvalue weighted by molar-refractivity contribution is 5.46. The van der Waals surface area contributed by atoms with Gasteiger partial charge in [-0.25, -0.2) is 0 Å². The van der Waals surface area contributed by atoms with Crippen LogP contribution < -0.4 is 14.2 Å². The summed E-state index contributed by atoms with van der Waals surface area (Å²) < 4.78 is 47.7. The van der Waals surface area contributed by atoms with Gasteiger partial charge >= 0.3 is 0 Å². The number of benzene rings is 3. The molecular weight excluding hydrogens is 536 g/mol. The Balaban J connectivity index is 1.28. The molecule has 0 fully saturated rings. The highest BCUT2D eigenvalue weighted by Crippen LogP contribution is 2.37. The van der Waals surface area contributed by atoms with E-state index in [-0.39, 0.29) is 6.79 Å². The smallest absolute Gasteiger partial charge is 0.205 e. The molecule has 8 heteroatoms. The number of fused-ring (bicyclic) bond motifs is 2. The van der Waals surface area contributed by atoms with Crippen molar-refractivity contribution in [2.45, 2.75) is 92.8 Å². The van der Waals surface area contributed by atoms with Crippen LogP contribution in [0.15, 0.2) is 42.5 Å². The Bertz CT molecular complexity index is 1310. The summed E-state index contributed by atoms with van der Waals surface area (Å²) in [4.78, 5) is 0. The number of methoxy groups -OCH3 is 1. The van der Waals surface area contributed by atoms with Crippen molar-refractivity contribution in [3.05, 3.63) is 87.0 Å². The van der Waals surface area contributed by atoms with Gasteiger partial charge < -0.3 is 37.9 Å². The van der Waals surface area contributed by atoms with Crippen LogP contribution in [-0.2, 0) is 63.3 Å². The SMILES string of the molecule is COCOc1c(COCc2cc(C)cc3c2OC(C)(C)OC3)cccc1COCc1cc(C)cc2c1OC(C)(C)OC2. The Morgan fingerprint density at radius 3 is 1.57 bits per heavy atom. The summed E-state index contributed by atoms with van der Waals surface area (Å²) >= 11 is 0. The Kier molecular flexibility index (Phi) is 9.11. The highest BCUT2D eigenvalue weighted by Gasteiger charge is 2.30. The molecule has 0 atom stereocenters. The van der Waals surface area contributed by atoms with Crippen LogP contribution in [0.4, 0.5) is 0 Å². The van der Waals surface area contributed by atoms with Crippen LogP contribution in [0.5, 0.6) is 17.2 Å². The third kappa shape index (κ3) is 7.25. The van der Waals surface area contributed by atoms with Gasteiger partial charge in [0.05, 0.1) is 39.6 Å². The van der Waals surface area contributed by atoms with Gasteiger partial charge in [0.2, 0.25) is 11.6 Å². The molecule has 3 aromatic carbocycles. The summed E-state index contributed by atoms with van der Waals surface area (Å²) in [7, 11) is 1.60. The molecule has 226 valence electrons. The van der Waals surface area contributed by atoms with Crippen molar-refractivity contribution in [1.82, 2.24) is 0 Å². The van der Waals surface area contributed by atoms with Gasteiger partial charge in [0, 0.05) is 68.2 Å². The minimum atomic E-state index is -0.680. The topological polar surface area (TPSA) is 73.8 Å². The van der Waals surface area contributed by atoms with Crippen LogP contribution in [0.3, 0.4) is 0 Å². The van der Waals surface area contributed by atoms with Gasteiger partial charge in [-0.3, -0.25) is 0 Å². The molecule has 2 heterocycles. The Labute approximate surface area is 248 Å². The molecule has 0 aromatic heterocycles. The summed E-state index contributed by atoms with van der Waals surface area (Å²) in [6.45, 7) is 14.4. The minimum Gasteiger partial charge on any atom is -0.467 e. The monoisotopic (exact) mass is 578 g/mol. The summed E-state index contributed by atoms with van der Waals surface area (Å²) in [5, 5.41) is 0. The molecule has 2 aliphatic rings. The standard InChI is InChI=1S/C34H42O8/c1-22-11-26(31-28(13-22)19-39-33(3,4)41-31)17-36-15-24-9-8-10-25(30(24)38-21-35-7)16-37-18-27-12-23(2)14-29-20-40-34(5,6)42-32(27)29/h8-14H,15-21H2,1-7H3. The maximum atomic E-state index is 6.23. The number of hydrogen-bond acceptors (Lipinski definition) is 8.